The molecule has 158 valence electrons. The molecule has 3 aromatic heterocycles. The number of hydrogen-bond donors (Lipinski definition) is 0. The first-order valence-corrected chi connectivity index (χ1v) is 10.4. The van der Waals surface area contributed by atoms with Crippen molar-refractivity contribution in [2.75, 3.05) is 0 Å². The van der Waals surface area contributed by atoms with Crippen molar-refractivity contribution < 1.29 is 0 Å². The fourth-order valence-electron chi connectivity index (χ4n) is 3.95. The maximum absolute atomic E-state index is 13.4. The standard InChI is InChI=1S/C25H20N4O3/c30-23-16-19(26-22-12-6-7-14-27(22)23)17-29-21-11-5-4-10-20(21)24(31)28(25(29)32)15-13-18-8-2-1-3-9-18/h1-12,14,16H,13,15,17H2. The number of aromatic nitrogens is 4. The number of benzene rings is 2. The van der Waals surface area contributed by atoms with E-state index in [0.29, 0.717) is 28.7 Å². The molecule has 5 rings (SSSR count). The van der Waals surface area contributed by atoms with Gasteiger partial charge in [0.15, 0.2) is 0 Å². The van der Waals surface area contributed by atoms with Gasteiger partial charge < -0.3 is 0 Å². The molecule has 0 aliphatic heterocycles. The summed E-state index contributed by atoms with van der Waals surface area (Å²) in [5, 5.41) is 0.456. The quantitative estimate of drug-likeness (QED) is 0.434. The Kier molecular flexibility index (Phi) is 4.99. The first-order valence-electron chi connectivity index (χ1n) is 10.4. The zero-order chi connectivity index (χ0) is 22.1. The zero-order valence-electron chi connectivity index (χ0n) is 17.2. The molecule has 0 saturated heterocycles. The molecule has 0 aliphatic carbocycles. The Morgan fingerprint density at radius 3 is 2.38 bits per heavy atom. The smallest absolute Gasteiger partial charge is 0.287 e. The number of aryl methyl sites for hydroxylation is 1. The minimum Gasteiger partial charge on any atom is -0.287 e. The Labute approximate surface area is 182 Å². The molecule has 0 spiro atoms. The molecule has 0 N–H and O–H groups in total. The molecular weight excluding hydrogens is 404 g/mol. The second-order valence-corrected chi connectivity index (χ2v) is 7.59. The van der Waals surface area contributed by atoms with Crippen molar-refractivity contribution in [3.05, 3.63) is 128 Å². The van der Waals surface area contributed by atoms with Crippen molar-refractivity contribution in [3.8, 4) is 0 Å². The molecule has 0 fully saturated rings. The van der Waals surface area contributed by atoms with Crippen LogP contribution in [0, 0.1) is 0 Å². The first kappa shape index (κ1) is 19.7. The minimum atomic E-state index is -0.417. The van der Waals surface area contributed by atoms with E-state index < -0.39 is 5.69 Å². The van der Waals surface area contributed by atoms with Gasteiger partial charge in [-0.1, -0.05) is 48.5 Å². The van der Waals surface area contributed by atoms with E-state index in [0.717, 1.165) is 5.56 Å². The summed E-state index contributed by atoms with van der Waals surface area (Å²) in [7, 11) is 0. The van der Waals surface area contributed by atoms with Crippen LogP contribution in [0.15, 0.2) is 99.4 Å². The van der Waals surface area contributed by atoms with Gasteiger partial charge in [0.2, 0.25) is 0 Å². The lowest BCUT2D eigenvalue weighted by Gasteiger charge is -2.14. The Morgan fingerprint density at radius 1 is 0.781 bits per heavy atom. The molecule has 3 heterocycles. The van der Waals surface area contributed by atoms with Gasteiger partial charge in [-0.25, -0.2) is 9.78 Å². The second-order valence-electron chi connectivity index (χ2n) is 7.59. The van der Waals surface area contributed by atoms with Crippen molar-refractivity contribution in [1.82, 2.24) is 18.5 Å². The van der Waals surface area contributed by atoms with E-state index in [1.165, 1.54) is 19.6 Å². The molecule has 7 heteroatoms. The number of fused-ring (bicyclic) bond motifs is 2. The van der Waals surface area contributed by atoms with E-state index in [-0.39, 0.29) is 24.2 Å². The summed E-state index contributed by atoms with van der Waals surface area (Å²) < 4.78 is 4.23. The highest BCUT2D eigenvalue weighted by Gasteiger charge is 2.14. The van der Waals surface area contributed by atoms with E-state index in [1.54, 1.807) is 48.7 Å². The Bertz CT molecular complexity index is 1610. The van der Waals surface area contributed by atoms with Crippen LogP contribution in [-0.4, -0.2) is 18.5 Å². The zero-order valence-corrected chi connectivity index (χ0v) is 17.2. The first-order chi connectivity index (χ1) is 15.6. The van der Waals surface area contributed by atoms with E-state index in [2.05, 4.69) is 4.98 Å². The van der Waals surface area contributed by atoms with Crippen molar-refractivity contribution in [2.24, 2.45) is 0 Å². The molecule has 0 atom stereocenters. The summed E-state index contributed by atoms with van der Waals surface area (Å²) >= 11 is 0. The Morgan fingerprint density at radius 2 is 1.53 bits per heavy atom. The van der Waals surface area contributed by atoms with Crippen LogP contribution in [0.1, 0.15) is 11.3 Å². The van der Waals surface area contributed by atoms with Crippen LogP contribution in [0.5, 0.6) is 0 Å². The van der Waals surface area contributed by atoms with E-state index >= 15 is 0 Å². The highest BCUT2D eigenvalue weighted by atomic mass is 16.2. The van der Waals surface area contributed by atoms with Gasteiger partial charge in [-0.3, -0.25) is 23.1 Å². The molecular formula is C25H20N4O3. The van der Waals surface area contributed by atoms with Crippen LogP contribution in [0.25, 0.3) is 16.6 Å². The maximum atomic E-state index is 13.4. The maximum Gasteiger partial charge on any atom is 0.331 e. The van der Waals surface area contributed by atoms with Crippen LogP contribution in [0.3, 0.4) is 0 Å². The van der Waals surface area contributed by atoms with Gasteiger partial charge in [0.1, 0.15) is 5.65 Å². The molecule has 32 heavy (non-hydrogen) atoms. The van der Waals surface area contributed by atoms with Gasteiger partial charge in [-0.2, -0.15) is 0 Å². The van der Waals surface area contributed by atoms with Crippen molar-refractivity contribution in [1.29, 1.82) is 0 Å². The minimum absolute atomic E-state index is 0.0889. The molecule has 0 amide bonds. The largest absolute Gasteiger partial charge is 0.331 e. The molecule has 2 aromatic carbocycles. The van der Waals surface area contributed by atoms with Crippen LogP contribution >= 0.6 is 0 Å². The highest BCUT2D eigenvalue weighted by Crippen LogP contribution is 2.10. The molecule has 0 radical (unpaired) electrons. The van der Waals surface area contributed by atoms with Crippen molar-refractivity contribution >= 4 is 16.6 Å². The summed E-state index contributed by atoms with van der Waals surface area (Å²) in [6, 6.07) is 23.5. The van der Waals surface area contributed by atoms with E-state index in [1.807, 2.05) is 30.3 Å². The van der Waals surface area contributed by atoms with Gasteiger partial charge >= 0.3 is 5.69 Å². The third kappa shape index (κ3) is 3.54. The third-order valence-electron chi connectivity index (χ3n) is 5.54. The topological polar surface area (TPSA) is 78.4 Å². The monoisotopic (exact) mass is 424 g/mol. The summed E-state index contributed by atoms with van der Waals surface area (Å²) in [5.41, 5.74) is 1.58. The average molecular weight is 424 g/mol. The van der Waals surface area contributed by atoms with Crippen LogP contribution in [0.2, 0.25) is 0 Å². The summed E-state index contributed by atoms with van der Waals surface area (Å²) in [5.74, 6) is 0. The van der Waals surface area contributed by atoms with Gasteiger partial charge in [0, 0.05) is 18.8 Å². The summed E-state index contributed by atoms with van der Waals surface area (Å²) in [4.78, 5) is 43.5. The summed E-state index contributed by atoms with van der Waals surface area (Å²) in [6.07, 6.45) is 2.21. The Hall–Kier alpha value is -4.26. The van der Waals surface area contributed by atoms with Crippen LogP contribution in [-0.2, 0) is 19.5 Å². The third-order valence-corrected chi connectivity index (χ3v) is 5.54. The van der Waals surface area contributed by atoms with Crippen molar-refractivity contribution in [3.63, 3.8) is 0 Å². The van der Waals surface area contributed by atoms with E-state index in [9.17, 15) is 14.4 Å². The predicted molar refractivity (Wildman–Crippen MR) is 123 cm³/mol. The van der Waals surface area contributed by atoms with Crippen LogP contribution in [0.4, 0.5) is 0 Å². The number of para-hydroxylation sites is 1. The molecule has 7 nitrogen and oxygen atoms in total. The number of rotatable bonds is 5. The second kappa shape index (κ2) is 8.11. The van der Waals surface area contributed by atoms with E-state index in [4.69, 9.17) is 0 Å². The fourth-order valence-corrected chi connectivity index (χ4v) is 3.95. The highest BCUT2D eigenvalue weighted by molar-refractivity contribution is 5.77. The molecule has 0 bridgehead atoms. The number of pyridine rings is 1. The number of nitrogens with zero attached hydrogens (tertiary/aromatic N) is 4. The lowest BCUT2D eigenvalue weighted by molar-refractivity contribution is 0.586. The molecule has 0 aliphatic rings. The molecule has 0 unspecified atom stereocenters. The van der Waals surface area contributed by atoms with Gasteiger partial charge in [0.05, 0.1) is 23.1 Å². The van der Waals surface area contributed by atoms with Gasteiger partial charge in [-0.05, 0) is 36.2 Å². The lowest BCUT2D eigenvalue weighted by atomic mass is 10.1. The van der Waals surface area contributed by atoms with Gasteiger partial charge in [0.25, 0.3) is 11.1 Å². The van der Waals surface area contributed by atoms with Crippen molar-refractivity contribution in [2.45, 2.75) is 19.5 Å². The normalized spacial score (nSPS) is 11.2. The summed E-state index contributed by atoms with van der Waals surface area (Å²) in [6.45, 7) is 0.353. The SMILES string of the molecule is O=c1c2ccccc2n(Cc2cc(=O)n3ccccc3n2)c(=O)n1CCc1ccccc1. The van der Waals surface area contributed by atoms with Gasteiger partial charge in [-0.15, -0.1) is 0 Å². The molecule has 5 aromatic rings. The number of hydrogen-bond acceptors (Lipinski definition) is 4. The fraction of sp³-hybridized carbons (Fsp3) is 0.120. The lowest BCUT2D eigenvalue weighted by Crippen LogP contribution is -2.41. The van der Waals surface area contributed by atoms with Crippen LogP contribution < -0.4 is 16.8 Å². The average Bonchev–Trinajstić information content (AvgIpc) is 2.82. The Balaban J connectivity index is 1.63. The predicted octanol–water partition coefficient (Wildman–Crippen LogP) is 2.46. The molecule has 0 saturated carbocycles.